The first kappa shape index (κ1) is 12.6. The first-order chi connectivity index (χ1) is 8.16. The number of aryl methyl sites for hydroxylation is 1. The molecule has 0 radical (unpaired) electrons. The summed E-state index contributed by atoms with van der Waals surface area (Å²) in [5, 5.41) is 17.3. The van der Waals surface area contributed by atoms with Crippen LogP contribution in [0.25, 0.3) is 0 Å². The van der Waals surface area contributed by atoms with Crippen molar-refractivity contribution < 1.29 is 5.11 Å². The Morgan fingerprint density at radius 1 is 1.53 bits per heavy atom. The Labute approximate surface area is 103 Å². The summed E-state index contributed by atoms with van der Waals surface area (Å²) in [4.78, 5) is 0. The average Bonchev–Trinajstić information content (AvgIpc) is 2.61. The van der Waals surface area contributed by atoms with Crippen LogP contribution >= 0.6 is 0 Å². The summed E-state index contributed by atoms with van der Waals surface area (Å²) in [5.74, 6) is 0.635. The Kier molecular flexibility index (Phi) is 4.18. The van der Waals surface area contributed by atoms with Gasteiger partial charge in [-0.25, -0.2) is 0 Å². The van der Waals surface area contributed by atoms with Gasteiger partial charge in [-0.2, -0.15) is 5.10 Å². The number of hydrogen-bond donors (Lipinski definition) is 2. The van der Waals surface area contributed by atoms with Gasteiger partial charge in [-0.1, -0.05) is 6.42 Å². The van der Waals surface area contributed by atoms with Gasteiger partial charge in [0, 0.05) is 24.8 Å². The van der Waals surface area contributed by atoms with Crippen molar-refractivity contribution in [2.45, 2.75) is 45.3 Å². The molecule has 2 rings (SSSR count). The van der Waals surface area contributed by atoms with E-state index in [0.29, 0.717) is 5.92 Å². The summed E-state index contributed by atoms with van der Waals surface area (Å²) < 4.78 is 1.90. The SMILES string of the molecule is Cc1c(CNCC2CCCC(O)C2)cnn1C. The maximum atomic E-state index is 9.60. The van der Waals surface area contributed by atoms with Crippen molar-refractivity contribution in [3.8, 4) is 0 Å². The normalized spacial score (nSPS) is 25.1. The third-order valence-electron chi connectivity index (χ3n) is 3.84. The van der Waals surface area contributed by atoms with Gasteiger partial charge in [0.05, 0.1) is 12.3 Å². The van der Waals surface area contributed by atoms with Crippen molar-refractivity contribution in [2.75, 3.05) is 6.54 Å². The molecule has 4 nitrogen and oxygen atoms in total. The largest absolute Gasteiger partial charge is 0.393 e. The molecular weight excluding hydrogens is 214 g/mol. The number of hydrogen-bond acceptors (Lipinski definition) is 3. The molecule has 0 bridgehead atoms. The zero-order chi connectivity index (χ0) is 12.3. The molecule has 1 heterocycles. The maximum absolute atomic E-state index is 9.60. The first-order valence-electron chi connectivity index (χ1n) is 6.53. The molecular formula is C13H23N3O. The van der Waals surface area contributed by atoms with Crippen LogP contribution in [-0.4, -0.2) is 27.5 Å². The molecule has 1 aromatic rings. The highest BCUT2D eigenvalue weighted by atomic mass is 16.3. The van der Waals surface area contributed by atoms with E-state index in [0.717, 1.165) is 25.9 Å². The second-order valence-corrected chi connectivity index (χ2v) is 5.20. The van der Waals surface area contributed by atoms with E-state index in [1.165, 1.54) is 24.1 Å². The molecule has 4 heteroatoms. The zero-order valence-corrected chi connectivity index (χ0v) is 10.8. The van der Waals surface area contributed by atoms with Gasteiger partial charge < -0.3 is 10.4 Å². The van der Waals surface area contributed by atoms with E-state index in [2.05, 4.69) is 17.3 Å². The van der Waals surface area contributed by atoms with Crippen molar-refractivity contribution in [3.63, 3.8) is 0 Å². The van der Waals surface area contributed by atoms with Crippen molar-refractivity contribution in [3.05, 3.63) is 17.5 Å². The van der Waals surface area contributed by atoms with Gasteiger partial charge in [-0.3, -0.25) is 4.68 Å². The van der Waals surface area contributed by atoms with E-state index >= 15 is 0 Å². The third kappa shape index (κ3) is 3.30. The van der Waals surface area contributed by atoms with Gasteiger partial charge in [0.25, 0.3) is 0 Å². The van der Waals surface area contributed by atoms with Crippen LogP contribution in [0.4, 0.5) is 0 Å². The minimum Gasteiger partial charge on any atom is -0.393 e. The lowest BCUT2D eigenvalue weighted by atomic mass is 9.87. The van der Waals surface area contributed by atoms with E-state index < -0.39 is 0 Å². The third-order valence-corrected chi connectivity index (χ3v) is 3.84. The predicted octanol–water partition coefficient (Wildman–Crippen LogP) is 1.37. The van der Waals surface area contributed by atoms with Gasteiger partial charge in [-0.15, -0.1) is 0 Å². The van der Waals surface area contributed by atoms with Crippen LogP contribution < -0.4 is 5.32 Å². The van der Waals surface area contributed by atoms with Crippen molar-refractivity contribution >= 4 is 0 Å². The quantitative estimate of drug-likeness (QED) is 0.831. The van der Waals surface area contributed by atoms with Crippen molar-refractivity contribution in [1.82, 2.24) is 15.1 Å². The molecule has 0 spiro atoms. The highest BCUT2D eigenvalue weighted by Crippen LogP contribution is 2.23. The van der Waals surface area contributed by atoms with Crippen molar-refractivity contribution in [2.24, 2.45) is 13.0 Å². The summed E-state index contributed by atoms with van der Waals surface area (Å²) in [5.41, 5.74) is 2.49. The Balaban J connectivity index is 1.74. The molecule has 0 saturated heterocycles. The molecule has 1 aromatic heterocycles. The Hall–Kier alpha value is -0.870. The summed E-state index contributed by atoms with van der Waals surface area (Å²) in [6.45, 7) is 3.98. The molecule has 1 fully saturated rings. The summed E-state index contributed by atoms with van der Waals surface area (Å²) >= 11 is 0. The van der Waals surface area contributed by atoms with E-state index in [4.69, 9.17) is 0 Å². The van der Waals surface area contributed by atoms with E-state index in [1.54, 1.807) is 0 Å². The molecule has 2 N–H and O–H groups in total. The number of aliphatic hydroxyl groups is 1. The van der Waals surface area contributed by atoms with Gasteiger partial charge in [0.15, 0.2) is 0 Å². The molecule has 0 aromatic carbocycles. The molecule has 2 unspecified atom stereocenters. The zero-order valence-electron chi connectivity index (χ0n) is 10.8. The summed E-state index contributed by atoms with van der Waals surface area (Å²) in [7, 11) is 1.97. The smallest absolute Gasteiger partial charge is 0.0543 e. The van der Waals surface area contributed by atoms with Crippen LogP contribution in [0.15, 0.2) is 6.20 Å². The monoisotopic (exact) mass is 237 g/mol. The summed E-state index contributed by atoms with van der Waals surface area (Å²) in [6.07, 6.45) is 6.21. The molecule has 1 saturated carbocycles. The number of rotatable bonds is 4. The molecule has 0 aliphatic heterocycles. The van der Waals surface area contributed by atoms with Crippen LogP contribution in [0.5, 0.6) is 0 Å². The number of aliphatic hydroxyl groups excluding tert-OH is 1. The molecule has 0 amide bonds. The fraction of sp³-hybridized carbons (Fsp3) is 0.769. The van der Waals surface area contributed by atoms with Gasteiger partial charge in [0.1, 0.15) is 0 Å². The molecule has 96 valence electrons. The van der Waals surface area contributed by atoms with Crippen LogP contribution in [0, 0.1) is 12.8 Å². The minimum atomic E-state index is -0.0734. The van der Waals surface area contributed by atoms with E-state index in [-0.39, 0.29) is 6.10 Å². The lowest BCUT2D eigenvalue weighted by Gasteiger charge is -2.25. The minimum absolute atomic E-state index is 0.0734. The Bertz CT molecular complexity index is 362. The Morgan fingerprint density at radius 3 is 3.00 bits per heavy atom. The van der Waals surface area contributed by atoms with Crippen LogP contribution in [0.1, 0.15) is 36.9 Å². The van der Waals surface area contributed by atoms with Crippen molar-refractivity contribution in [1.29, 1.82) is 0 Å². The number of nitrogens with zero attached hydrogens (tertiary/aromatic N) is 2. The number of nitrogens with one attached hydrogen (secondary N) is 1. The van der Waals surface area contributed by atoms with Gasteiger partial charge >= 0.3 is 0 Å². The lowest BCUT2D eigenvalue weighted by Crippen LogP contribution is -2.29. The molecule has 1 aliphatic carbocycles. The van der Waals surface area contributed by atoms with Crippen LogP contribution in [-0.2, 0) is 13.6 Å². The standard InChI is InChI=1S/C13H23N3O/c1-10-12(9-15-16(10)2)8-14-7-11-4-3-5-13(17)6-11/h9,11,13-14,17H,3-8H2,1-2H3. The second-order valence-electron chi connectivity index (χ2n) is 5.20. The molecule has 2 atom stereocenters. The molecule has 1 aliphatic rings. The first-order valence-corrected chi connectivity index (χ1v) is 6.53. The topological polar surface area (TPSA) is 50.1 Å². The highest BCUT2D eigenvalue weighted by molar-refractivity contribution is 5.15. The molecule has 17 heavy (non-hydrogen) atoms. The highest BCUT2D eigenvalue weighted by Gasteiger charge is 2.19. The van der Waals surface area contributed by atoms with Gasteiger partial charge in [-0.05, 0) is 38.6 Å². The average molecular weight is 237 g/mol. The van der Waals surface area contributed by atoms with E-state index in [9.17, 15) is 5.11 Å². The van der Waals surface area contributed by atoms with Crippen LogP contribution in [0.3, 0.4) is 0 Å². The predicted molar refractivity (Wildman–Crippen MR) is 67.6 cm³/mol. The maximum Gasteiger partial charge on any atom is 0.0543 e. The summed E-state index contributed by atoms with van der Waals surface area (Å²) in [6, 6.07) is 0. The Morgan fingerprint density at radius 2 is 2.35 bits per heavy atom. The second kappa shape index (κ2) is 5.65. The fourth-order valence-electron chi connectivity index (χ4n) is 2.58. The fourth-order valence-corrected chi connectivity index (χ4v) is 2.58. The van der Waals surface area contributed by atoms with Gasteiger partial charge in [0.2, 0.25) is 0 Å². The number of aromatic nitrogens is 2. The lowest BCUT2D eigenvalue weighted by molar-refractivity contribution is 0.101. The van der Waals surface area contributed by atoms with E-state index in [1.807, 2.05) is 17.9 Å². The van der Waals surface area contributed by atoms with Crippen LogP contribution in [0.2, 0.25) is 0 Å².